The zero-order valence-corrected chi connectivity index (χ0v) is 11.8. The van der Waals surface area contributed by atoms with Crippen LogP contribution in [0.2, 0.25) is 0 Å². The molecule has 1 heterocycles. The molecule has 1 aromatic carbocycles. The second-order valence-electron chi connectivity index (χ2n) is 4.47. The van der Waals surface area contributed by atoms with Gasteiger partial charge in [0.05, 0.1) is 18.8 Å². The van der Waals surface area contributed by atoms with E-state index in [-0.39, 0.29) is 12.4 Å². The quantitative estimate of drug-likeness (QED) is 0.855. The second kappa shape index (κ2) is 7.46. The van der Waals surface area contributed by atoms with Gasteiger partial charge >= 0.3 is 0 Å². The molecule has 1 aromatic heterocycles. The molecule has 0 unspecified atom stereocenters. The summed E-state index contributed by atoms with van der Waals surface area (Å²) in [5, 5.41) is 8.73. The van der Waals surface area contributed by atoms with Crippen molar-refractivity contribution in [2.75, 3.05) is 13.2 Å². The third-order valence-corrected chi connectivity index (χ3v) is 2.91. The first kappa shape index (κ1) is 15.1. The summed E-state index contributed by atoms with van der Waals surface area (Å²) in [5.41, 5.74) is 0.615. The Bertz CT molecular complexity index is 656. The van der Waals surface area contributed by atoms with Gasteiger partial charge in [0.25, 0.3) is 0 Å². The molecule has 0 amide bonds. The lowest BCUT2D eigenvalue weighted by Gasteiger charge is -2.08. The van der Waals surface area contributed by atoms with Crippen LogP contribution in [0.15, 0.2) is 30.6 Å². The predicted octanol–water partition coefficient (Wildman–Crippen LogP) is 1.91. The van der Waals surface area contributed by atoms with E-state index in [4.69, 9.17) is 9.84 Å². The highest BCUT2D eigenvalue weighted by molar-refractivity contribution is 5.46. The van der Waals surface area contributed by atoms with Gasteiger partial charge in [0.15, 0.2) is 0 Å². The topological polar surface area (TPSA) is 47.3 Å². The van der Waals surface area contributed by atoms with Crippen LogP contribution in [0.25, 0.3) is 0 Å². The molecular formula is C16H17FN2O2. The fourth-order valence-electron chi connectivity index (χ4n) is 1.82. The Morgan fingerprint density at radius 1 is 1.43 bits per heavy atom. The van der Waals surface area contributed by atoms with Crippen LogP contribution in [0.3, 0.4) is 0 Å². The number of halogens is 1. The van der Waals surface area contributed by atoms with Crippen molar-refractivity contribution in [2.24, 2.45) is 7.05 Å². The van der Waals surface area contributed by atoms with Crippen molar-refractivity contribution in [1.29, 1.82) is 0 Å². The molecule has 0 saturated heterocycles. The molecule has 110 valence electrons. The van der Waals surface area contributed by atoms with Crippen LogP contribution >= 0.6 is 0 Å². The fourth-order valence-corrected chi connectivity index (χ4v) is 1.82. The van der Waals surface area contributed by atoms with Crippen molar-refractivity contribution in [2.45, 2.75) is 12.8 Å². The third-order valence-electron chi connectivity index (χ3n) is 2.91. The molecule has 0 saturated carbocycles. The van der Waals surface area contributed by atoms with Crippen LogP contribution in [-0.4, -0.2) is 27.9 Å². The smallest absolute Gasteiger partial charge is 0.137 e. The average molecular weight is 288 g/mol. The lowest BCUT2D eigenvalue weighted by atomic mass is 10.2. The number of benzene rings is 1. The number of rotatable bonds is 5. The SMILES string of the molecule is Cn1ccnc1CCOc1cc(F)ccc1C#CCCO. The van der Waals surface area contributed by atoms with E-state index in [1.165, 1.54) is 12.1 Å². The molecule has 0 aliphatic heterocycles. The summed E-state index contributed by atoms with van der Waals surface area (Å²) >= 11 is 0. The summed E-state index contributed by atoms with van der Waals surface area (Å²) in [6.07, 6.45) is 4.60. The van der Waals surface area contributed by atoms with Gasteiger partial charge in [-0.15, -0.1) is 0 Å². The van der Waals surface area contributed by atoms with E-state index >= 15 is 0 Å². The van der Waals surface area contributed by atoms with E-state index in [2.05, 4.69) is 16.8 Å². The zero-order valence-electron chi connectivity index (χ0n) is 11.8. The van der Waals surface area contributed by atoms with Crippen LogP contribution in [0.1, 0.15) is 17.8 Å². The summed E-state index contributed by atoms with van der Waals surface area (Å²) in [6.45, 7) is 0.395. The number of hydrogen-bond acceptors (Lipinski definition) is 3. The Morgan fingerprint density at radius 3 is 3.00 bits per heavy atom. The van der Waals surface area contributed by atoms with Gasteiger partial charge in [0, 0.05) is 38.3 Å². The summed E-state index contributed by atoms with van der Waals surface area (Å²) in [5.74, 6) is 6.63. The molecule has 0 fully saturated rings. The summed E-state index contributed by atoms with van der Waals surface area (Å²) in [7, 11) is 1.91. The Hall–Kier alpha value is -2.32. The highest BCUT2D eigenvalue weighted by Gasteiger charge is 2.05. The molecule has 0 atom stereocenters. The summed E-state index contributed by atoms with van der Waals surface area (Å²) in [6, 6.07) is 4.24. The Balaban J connectivity index is 2.03. The Morgan fingerprint density at radius 2 is 2.29 bits per heavy atom. The average Bonchev–Trinajstić information content (AvgIpc) is 2.87. The van der Waals surface area contributed by atoms with Gasteiger partial charge in [-0.25, -0.2) is 9.37 Å². The van der Waals surface area contributed by atoms with E-state index in [9.17, 15) is 4.39 Å². The van der Waals surface area contributed by atoms with E-state index in [1.54, 1.807) is 12.3 Å². The molecule has 2 aromatic rings. The largest absolute Gasteiger partial charge is 0.492 e. The predicted molar refractivity (Wildman–Crippen MR) is 77.4 cm³/mol. The first-order valence-corrected chi connectivity index (χ1v) is 6.69. The normalized spacial score (nSPS) is 10.0. The summed E-state index contributed by atoms with van der Waals surface area (Å²) < 4.78 is 20.8. The highest BCUT2D eigenvalue weighted by Crippen LogP contribution is 2.19. The van der Waals surface area contributed by atoms with Crippen molar-refractivity contribution < 1.29 is 14.2 Å². The first-order chi connectivity index (χ1) is 10.2. The number of aliphatic hydroxyl groups excluding tert-OH is 1. The third kappa shape index (κ3) is 4.33. The molecule has 1 N–H and O–H groups in total. The van der Waals surface area contributed by atoms with Gasteiger partial charge in [-0.2, -0.15) is 0 Å². The number of imidazole rings is 1. The van der Waals surface area contributed by atoms with Crippen LogP contribution in [-0.2, 0) is 13.5 Å². The van der Waals surface area contributed by atoms with Gasteiger partial charge < -0.3 is 14.4 Å². The lowest BCUT2D eigenvalue weighted by molar-refractivity contribution is 0.305. The van der Waals surface area contributed by atoms with E-state index in [0.29, 0.717) is 30.8 Å². The molecule has 0 aliphatic rings. The second-order valence-corrected chi connectivity index (χ2v) is 4.47. The molecule has 0 radical (unpaired) electrons. The minimum atomic E-state index is -0.366. The maximum Gasteiger partial charge on any atom is 0.137 e. The van der Waals surface area contributed by atoms with Crippen molar-refractivity contribution in [3.63, 3.8) is 0 Å². The van der Waals surface area contributed by atoms with Gasteiger partial charge in [0.2, 0.25) is 0 Å². The number of ether oxygens (including phenoxy) is 1. The van der Waals surface area contributed by atoms with Crippen molar-refractivity contribution in [3.05, 3.63) is 47.8 Å². The van der Waals surface area contributed by atoms with Crippen molar-refractivity contribution >= 4 is 0 Å². The van der Waals surface area contributed by atoms with E-state index in [0.717, 1.165) is 5.82 Å². The molecule has 21 heavy (non-hydrogen) atoms. The molecule has 0 spiro atoms. The maximum atomic E-state index is 13.3. The number of aryl methyl sites for hydroxylation is 1. The minimum absolute atomic E-state index is 0.00352. The fraction of sp³-hybridized carbons (Fsp3) is 0.312. The molecular weight excluding hydrogens is 271 g/mol. The van der Waals surface area contributed by atoms with E-state index in [1.807, 2.05) is 17.8 Å². The summed E-state index contributed by atoms with van der Waals surface area (Å²) in [4.78, 5) is 4.20. The first-order valence-electron chi connectivity index (χ1n) is 6.69. The Kier molecular flexibility index (Phi) is 5.35. The number of nitrogens with zero attached hydrogens (tertiary/aromatic N) is 2. The Labute approximate surface area is 123 Å². The maximum absolute atomic E-state index is 13.3. The van der Waals surface area contributed by atoms with Gasteiger partial charge in [-0.1, -0.05) is 11.8 Å². The van der Waals surface area contributed by atoms with Crippen LogP contribution in [0.4, 0.5) is 4.39 Å². The van der Waals surface area contributed by atoms with Gasteiger partial charge in [0.1, 0.15) is 17.4 Å². The zero-order chi connectivity index (χ0) is 15.1. The monoisotopic (exact) mass is 288 g/mol. The van der Waals surface area contributed by atoms with Crippen LogP contribution in [0.5, 0.6) is 5.75 Å². The number of aliphatic hydroxyl groups is 1. The van der Waals surface area contributed by atoms with E-state index < -0.39 is 0 Å². The standard InChI is InChI=1S/C16H17FN2O2/c1-19-9-8-18-16(19)7-11-21-15-12-14(17)6-5-13(15)4-2-3-10-20/h5-6,8-9,12,20H,3,7,10-11H2,1H3. The molecule has 0 bridgehead atoms. The highest BCUT2D eigenvalue weighted by atomic mass is 19.1. The number of hydrogen-bond donors (Lipinski definition) is 1. The molecule has 4 nitrogen and oxygen atoms in total. The molecule has 2 rings (SSSR count). The van der Waals surface area contributed by atoms with Gasteiger partial charge in [-0.05, 0) is 12.1 Å². The lowest BCUT2D eigenvalue weighted by Crippen LogP contribution is -2.07. The van der Waals surface area contributed by atoms with Crippen LogP contribution in [0, 0.1) is 17.7 Å². The van der Waals surface area contributed by atoms with Crippen molar-refractivity contribution in [3.8, 4) is 17.6 Å². The van der Waals surface area contributed by atoms with Gasteiger partial charge in [-0.3, -0.25) is 0 Å². The minimum Gasteiger partial charge on any atom is -0.492 e. The molecule has 5 heteroatoms. The molecule has 0 aliphatic carbocycles. The van der Waals surface area contributed by atoms with Crippen LogP contribution < -0.4 is 4.74 Å². The number of aromatic nitrogens is 2. The van der Waals surface area contributed by atoms with Crippen molar-refractivity contribution in [1.82, 2.24) is 9.55 Å².